The molecule has 0 aliphatic rings. The lowest BCUT2D eigenvalue weighted by Gasteiger charge is -2.25. The molecular weight excluding hydrogens is 291 g/mol. The molecule has 0 saturated heterocycles. The fraction of sp³-hybridized carbons (Fsp3) is 0.455. The van der Waals surface area contributed by atoms with E-state index in [0.717, 1.165) is 5.33 Å². The summed E-state index contributed by atoms with van der Waals surface area (Å²) in [6.45, 7) is 4.63. The van der Waals surface area contributed by atoms with Crippen molar-refractivity contribution >= 4 is 33.4 Å². The maximum absolute atomic E-state index is 12.1. The minimum atomic E-state index is -0.0638. The predicted molar refractivity (Wildman–Crippen MR) is 69.2 cm³/mol. The summed E-state index contributed by atoms with van der Waals surface area (Å²) in [4.78, 5) is 17.9. The van der Waals surface area contributed by atoms with Crippen LogP contribution in [0.15, 0.2) is 18.3 Å². The highest BCUT2D eigenvalue weighted by atomic mass is 79.9. The number of carbonyl (C=O) groups excluding carboxylic acids is 1. The normalized spacial score (nSPS) is 10.6. The topological polar surface area (TPSA) is 33.2 Å². The maximum atomic E-state index is 12.1. The van der Waals surface area contributed by atoms with E-state index in [2.05, 4.69) is 20.9 Å². The average Bonchev–Trinajstić information content (AvgIpc) is 2.25. The van der Waals surface area contributed by atoms with Crippen LogP contribution in [0.4, 0.5) is 0 Å². The van der Waals surface area contributed by atoms with Crippen LogP contribution in [0.25, 0.3) is 0 Å². The second-order valence-corrected chi connectivity index (χ2v) is 4.87. The Bertz CT molecular complexity index is 354. The van der Waals surface area contributed by atoms with Gasteiger partial charge in [0.2, 0.25) is 0 Å². The van der Waals surface area contributed by atoms with Gasteiger partial charge in [0, 0.05) is 24.1 Å². The standard InChI is InChI=1S/C11H14BrClN2O/c1-8(2)15(6-5-12)11(16)10-4-3-9(13)7-14-10/h3-4,7-8H,5-6H2,1-2H3. The number of alkyl halides is 1. The maximum Gasteiger partial charge on any atom is 0.272 e. The molecule has 0 atom stereocenters. The molecule has 0 bridgehead atoms. The third kappa shape index (κ3) is 3.46. The lowest BCUT2D eigenvalue weighted by Crippen LogP contribution is -2.38. The fourth-order valence-corrected chi connectivity index (χ4v) is 1.83. The molecule has 0 unspecified atom stereocenters. The van der Waals surface area contributed by atoms with Crippen molar-refractivity contribution in [3.05, 3.63) is 29.0 Å². The van der Waals surface area contributed by atoms with E-state index in [1.807, 2.05) is 13.8 Å². The van der Waals surface area contributed by atoms with Crippen molar-refractivity contribution < 1.29 is 4.79 Å². The van der Waals surface area contributed by atoms with Crippen LogP contribution in [0, 0.1) is 0 Å². The second kappa shape index (κ2) is 6.21. The molecule has 3 nitrogen and oxygen atoms in total. The molecule has 5 heteroatoms. The monoisotopic (exact) mass is 304 g/mol. The van der Waals surface area contributed by atoms with E-state index in [1.165, 1.54) is 6.20 Å². The summed E-state index contributed by atoms with van der Waals surface area (Å²) in [5, 5.41) is 1.29. The van der Waals surface area contributed by atoms with Gasteiger partial charge in [0.25, 0.3) is 5.91 Å². The number of aromatic nitrogens is 1. The molecule has 1 rings (SSSR count). The second-order valence-electron chi connectivity index (χ2n) is 3.64. The SMILES string of the molecule is CC(C)N(CCBr)C(=O)c1ccc(Cl)cn1. The summed E-state index contributed by atoms with van der Waals surface area (Å²) in [6, 6.07) is 3.48. The van der Waals surface area contributed by atoms with Gasteiger partial charge in [-0.1, -0.05) is 27.5 Å². The van der Waals surface area contributed by atoms with E-state index in [1.54, 1.807) is 17.0 Å². The van der Waals surface area contributed by atoms with Gasteiger partial charge < -0.3 is 4.90 Å². The quantitative estimate of drug-likeness (QED) is 0.801. The number of pyridine rings is 1. The van der Waals surface area contributed by atoms with Gasteiger partial charge in [-0.3, -0.25) is 4.79 Å². The molecule has 0 aliphatic heterocycles. The zero-order valence-corrected chi connectivity index (χ0v) is 11.6. The van der Waals surface area contributed by atoms with Crippen LogP contribution in [0.3, 0.4) is 0 Å². The zero-order chi connectivity index (χ0) is 12.1. The van der Waals surface area contributed by atoms with Gasteiger partial charge in [-0.2, -0.15) is 0 Å². The van der Waals surface area contributed by atoms with Gasteiger partial charge in [0.15, 0.2) is 0 Å². The largest absolute Gasteiger partial charge is 0.334 e. The van der Waals surface area contributed by atoms with E-state index < -0.39 is 0 Å². The number of carbonyl (C=O) groups is 1. The Morgan fingerprint density at radius 1 is 1.56 bits per heavy atom. The first kappa shape index (κ1) is 13.5. The molecule has 0 saturated carbocycles. The molecule has 0 aliphatic carbocycles. The third-order valence-corrected chi connectivity index (χ3v) is 2.73. The lowest BCUT2D eigenvalue weighted by atomic mass is 10.2. The number of rotatable bonds is 4. The molecule has 1 heterocycles. The van der Waals surface area contributed by atoms with Gasteiger partial charge in [-0.15, -0.1) is 0 Å². The van der Waals surface area contributed by atoms with Crippen molar-refractivity contribution in [2.75, 3.05) is 11.9 Å². The number of hydrogen-bond acceptors (Lipinski definition) is 2. The van der Waals surface area contributed by atoms with Gasteiger partial charge in [-0.05, 0) is 26.0 Å². The van der Waals surface area contributed by atoms with E-state index in [4.69, 9.17) is 11.6 Å². The molecule has 16 heavy (non-hydrogen) atoms. The van der Waals surface area contributed by atoms with Crippen LogP contribution >= 0.6 is 27.5 Å². The molecule has 0 fully saturated rings. The van der Waals surface area contributed by atoms with E-state index in [9.17, 15) is 4.79 Å². The Hall–Kier alpha value is -0.610. The molecule has 0 aromatic carbocycles. The molecule has 1 aromatic rings. The molecule has 0 radical (unpaired) electrons. The van der Waals surface area contributed by atoms with Crippen LogP contribution in [-0.4, -0.2) is 33.7 Å². The van der Waals surface area contributed by atoms with E-state index >= 15 is 0 Å². The van der Waals surface area contributed by atoms with Crippen LogP contribution in [0.1, 0.15) is 24.3 Å². The number of nitrogens with zero attached hydrogens (tertiary/aromatic N) is 2. The van der Waals surface area contributed by atoms with E-state index in [0.29, 0.717) is 17.3 Å². The molecular formula is C11H14BrClN2O. The number of halogens is 2. The molecule has 88 valence electrons. The van der Waals surface area contributed by atoms with Gasteiger partial charge >= 0.3 is 0 Å². The Balaban J connectivity index is 2.86. The predicted octanol–water partition coefficient (Wildman–Crippen LogP) is 2.98. The van der Waals surface area contributed by atoms with Crippen molar-refractivity contribution in [1.82, 2.24) is 9.88 Å². The number of hydrogen-bond donors (Lipinski definition) is 0. The average molecular weight is 306 g/mol. The van der Waals surface area contributed by atoms with Gasteiger partial charge in [0.05, 0.1) is 5.02 Å². The van der Waals surface area contributed by atoms with Gasteiger partial charge in [-0.25, -0.2) is 4.98 Å². The molecule has 0 spiro atoms. The van der Waals surface area contributed by atoms with E-state index in [-0.39, 0.29) is 11.9 Å². The lowest BCUT2D eigenvalue weighted by molar-refractivity contribution is 0.0713. The fourth-order valence-electron chi connectivity index (χ4n) is 1.33. The van der Waals surface area contributed by atoms with Crippen molar-refractivity contribution in [3.8, 4) is 0 Å². The first-order valence-corrected chi connectivity index (χ1v) is 6.54. The Morgan fingerprint density at radius 3 is 2.69 bits per heavy atom. The smallest absolute Gasteiger partial charge is 0.272 e. The molecule has 0 N–H and O–H groups in total. The van der Waals surface area contributed by atoms with Crippen LogP contribution < -0.4 is 0 Å². The summed E-state index contributed by atoms with van der Waals surface area (Å²) in [5.41, 5.74) is 0.430. The summed E-state index contributed by atoms with van der Waals surface area (Å²) in [6.07, 6.45) is 1.49. The van der Waals surface area contributed by atoms with Gasteiger partial charge in [0.1, 0.15) is 5.69 Å². The first-order chi connectivity index (χ1) is 7.56. The third-order valence-electron chi connectivity index (χ3n) is 2.16. The molecule has 1 aromatic heterocycles. The highest BCUT2D eigenvalue weighted by Gasteiger charge is 2.18. The van der Waals surface area contributed by atoms with Crippen molar-refractivity contribution in [1.29, 1.82) is 0 Å². The Kier molecular flexibility index (Phi) is 5.22. The van der Waals surface area contributed by atoms with Crippen molar-refractivity contribution in [3.63, 3.8) is 0 Å². The summed E-state index contributed by atoms with van der Waals surface area (Å²) in [5.74, 6) is -0.0638. The van der Waals surface area contributed by atoms with Crippen LogP contribution in [0.2, 0.25) is 5.02 Å². The summed E-state index contributed by atoms with van der Waals surface area (Å²) >= 11 is 9.06. The van der Waals surface area contributed by atoms with Crippen molar-refractivity contribution in [2.24, 2.45) is 0 Å². The number of amides is 1. The first-order valence-electron chi connectivity index (χ1n) is 5.04. The Morgan fingerprint density at radius 2 is 2.25 bits per heavy atom. The van der Waals surface area contributed by atoms with Crippen LogP contribution in [0.5, 0.6) is 0 Å². The highest BCUT2D eigenvalue weighted by molar-refractivity contribution is 9.09. The highest BCUT2D eigenvalue weighted by Crippen LogP contribution is 2.10. The Labute approximate surface area is 109 Å². The van der Waals surface area contributed by atoms with Crippen LogP contribution in [-0.2, 0) is 0 Å². The minimum absolute atomic E-state index is 0.0638. The zero-order valence-electron chi connectivity index (χ0n) is 9.28. The summed E-state index contributed by atoms with van der Waals surface area (Å²) in [7, 11) is 0. The van der Waals surface area contributed by atoms with Crippen molar-refractivity contribution in [2.45, 2.75) is 19.9 Å². The molecule has 1 amide bonds. The minimum Gasteiger partial charge on any atom is -0.334 e. The summed E-state index contributed by atoms with van der Waals surface area (Å²) < 4.78 is 0.